The Morgan fingerprint density at radius 2 is 1.77 bits per heavy atom. The summed E-state index contributed by atoms with van der Waals surface area (Å²) in [5, 5.41) is 2.79. The third-order valence-electron chi connectivity index (χ3n) is 5.20. The third-order valence-corrected chi connectivity index (χ3v) is 7.11. The number of rotatable bonds is 9. The second-order valence-corrected chi connectivity index (χ2v) is 9.69. The highest BCUT2D eigenvalue weighted by atomic mass is 32.2. The minimum atomic E-state index is -3.43. The molecule has 2 aromatic carbocycles. The van der Waals surface area contributed by atoms with Crippen LogP contribution in [0.1, 0.15) is 30.9 Å². The van der Waals surface area contributed by atoms with Gasteiger partial charge in [0.15, 0.2) is 6.10 Å². The fraction of sp³-hybridized carbons (Fsp3) is 0.435. The molecule has 0 spiro atoms. The Labute approximate surface area is 184 Å². The molecule has 8 heteroatoms. The van der Waals surface area contributed by atoms with Crippen LogP contribution in [-0.2, 0) is 14.8 Å². The maximum Gasteiger partial charge on any atom is 0.260 e. The molecule has 1 aliphatic rings. The molecule has 168 valence electrons. The smallest absolute Gasteiger partial charge is 0.260 e. The first-order valence-electron chi connectivity index (χ1n) is 10.5. The van der Waals surface area contributed by atoms with Gasteiger partial charge in [-0.15, -0.1) is 0 Å². The zero-order valence-electron chi connectivity index (χ0n) is 18.3. The van der Waals surface area contributed by atoms with Crippen molar-refractivity contribution < 1.29 is 22.7 Å². The van der Waals surface area contributed by atoms with E-state index in [2.05, 4.69) is 5.32 Å². The number of ether oxygens (including phenoxy) is 2. The molecule has 1 atom stereocenters. The Balaban J connectivity index is 1.43. The van der Waals surface area contributed by atoms with Crippen LogP contribution in [0.25, 0.3) is 0 Å². The number of hydrogen-bond acceptors (Lipinski definition) is 5. The Bertz CT molecular complexity index is 999. The Morgan fingerprint density at radius 3 is 2.42 bits per heavy atom. The molecule has 1 saturated heterocycles. The van der Waals surface area contributed by atoms with Gasteiger partial charge < -0.3 is 14.8 Å². The van der Waals surface area contributed by atoms with Crippen molar-refractivity contribution >= 4 is 15.9 Å². The van der Waals surface area contributed by atoms with Crippen LogP contribution >= 0.6 is 0 Å². The van der Waals surface area contributed by atoms with Gasteiger partial charge in [-0.2, -0.15) is 4.31 Å². The molecule has 1 amide bonds. The molecule has 0 bridgehead atoms. The molecule has 1 heterocycles. The fourth-order valence-electron chi connectivity index (χ4n) is 3.45. The molecule has 1 aliphatic heterocycles. The zero-order chi connectivity index (χ0) is 22.4. The number of amides is 1. The number of carbonyl (C=O) groups is 1. The highest BCUT2D eigenvalue weighted by molar-refractivity contribution is 7.89. The molecule has 0 aromatic heterocycles. The van der Waals surface area contributed by atoms with Crippen molar-refractivity contribution in [3.05, 3.63) is 53.6 Å². The van der Waals surface area contributed by atoms with E-state index in [-0.39, 0.29) is 17.4 Å². The summed E-state index contributed by atoms with van der Waals surface area (Å²) >= 11 is 0. The topological polar surface area (TPSA) is 84.9 Å². The summed E-state index contributed by atoms with van der Waals surface area (Å²) in [6.07, 6.45) is 1.18. The average Bonchev–Trinajstić information content (AvgIpc) is 3.29. The lowest BCUT2D eigenvalue weighted by atomic mass is 10.1. The lowest BCUT2D eigenvalue weighted by Gasteiger charge is -2.17. The van der Waals surface area contributed by atoms with Crippen LogP contribution in [0.5, 0.6) is 11.5 Å². The second kappa shape index (κ2) is 10.2. The highest BCUT2D eigenvalue weighted by Crippen LogP contribution is 2.23. The van der Waals surface area contributed by atoms with Crippen LogP contribution in [0.15, 0.2) is 47.4 Å². The molecule has 0 radical (unpaired) electrons. The maximum absolute atomic E-state index is 12.5. The molecule has 0 unspecified atom stereocenters. The summed E-state index contributed by atoms with van der Waals surface area (Å²) in [5.41, 5.74) is 2.12. The first-order chi connectivity index (χ1) is 14.8. The minimum Gasteiger partial charge on any atom is -0.492 e. The van der Waals surface area contributed by atoms with Gasteiger partial charge >= 0.3 is 0 Å². The van der Waals surface area contributed by atoms with Gasteiger partial charge in [-0.25, -0.2) is 8.42 Å². The largest absolute Gasteiger partial charge is 0.492 e. The molecule has 2 aromatic rings. The van der Waals surface area contributed by atoms with Crippen molar-refractivity contribution in [2.45, 2.75) is 44.6 Å². The number of benzene rings is 2. The molecular formula is C23H30N2O5S. The van der Waals surface area contributed by atoms with E-state index < -0.39 is 16.1 Å². The lowest BCUT2D eigenvalue weighted by Crippen LogP contribution is -2.38. The van der Waals surface area contributed by atoms with E-state index in [4.69, 9.17) is 9.47 Å². The van der Waals surface area contributed by atoms with Gasteiger partial charge in [0.2, 0.25) is 10.0 Å². The van der Waals surface area contributed by atoms with E-state index in [1.54, 1.807) is 31.2 Å². The van der Waals surface area contributed by atoms with E-state index >= 15 is 0 Å². The molecule has 3 rings (SSSR count). The predicted octanol–water partition coefficient (Wildman–Crippen LogP) is 3.05. The normalized spacial score (nSPS) is 15.5. The Kier molecular flexibility index (Phi) is 7.56. The predicted molar refractivity (Wildman–Crippen MR) is 119 cm³/mol. The molecule has 0 saturated carbocycles. The van der Waals surface area contributed by atoms with Crippen LogP contribution in [0.3, 0.4) is 0 Å². The molecular weight excluding hydrogens is 416 g/mol. The maximum atomic E-state index is 12.5. The summed E-state index contributed by atoms with van der Waals surface area (Å²) in [4.78, 5) is 12.5. The SMILES string of the molecule is Cc1ccc(O[C@@H](C)C(=O)NCCOc2ccc(S(=O)(=O)N3CCCC3)cc2)c(C)c1. The molecule has 0 aliphatic carbocycles. The first kappa shape index (κ1) is 23.1. The van der Waals surface area contributed by atoms with E-state index in [1.807, 2.05) is 32.0 Å². The standard InChI is InChI=1S/C23H30N2O5S/c1-17-6-11-22(18(2)16-17)30-19(3)23(26)24-12-15-29-20-7-9-21(10-8-20)31(27,28)25-13-4-5-14-25/h6-11,16,19H,4-5,12-15H2,1-3H3,(H,24,26)/t19-/m0/s1. The van der Waals surface area contributed by atoms with Crippen LogP contribution in [-0.4, -0.2) is 51.0 Å². The number of nitrogens with zero attached hydrogens (tertiary/aromatic N) is 1. The molecule has 1 N–H and O–H groups in total. The van der Waals surface area contributed by atoms with Gasteiger partial charge in [0.1, 0.15) is 18.1 Å². The van der Waals surface area contributed by atoms with E-state index in [1.165, 1.54) is 4.31 Å². The fourth-order valence-corrected chi connectivity index (χ4v) is 4.96. The summed E-state index contributed by atoms with van der Waals surface area (Å²) in [6, 6.07) is 12.2. The minimum absolute atomic E-state index is 0.226. The van der Waals surface area contributed by atoms with Crippen molar-refractivity contribution in [3.63, 3.8) is 0 Å². The van der Waals surface area contributed by atoms with Gasteiger partial charge in [0.25, 0.3) is 5.91 Å². The summed E-state index contributed by atoms with van der Waals surface area (Å²) in [5.74, 6) is 1.01. The monoisotopic (exact) mass is 446 g/mol. The number of aryl methyl sites for hydroxylation is 2. The van der Waals surface area contributed by atoms with Crippen LogP contribution in [0.4, 0.5) is 0 Å². The van der Waals surface area contributed by atoms with Gasteiger partial charge in [0, 0.05) is 13.1 Å². The first-order valence-corrected chi connectivity index (χ1v) is 12.0. The quantitative estimate of drug-likeness (QED) is 0.599. The van der Waals surface area contributed by atoms with Crippen molar-refractivity contribution in [3.8, 4) is 11.5 Å². The summed E-state index contributed by atoms with van der Waals surface area (Å²) < 4.78 is 38.0. The number of hydrogen-bond donors (Lipinski definition) is 1. The van der Waals surface area contributed by atoms with Gasteiger partial charge in [0.05, 0.1) is 11.4 Å². The van der Waals surface area contributed by atoms with Crippen molar-refractivity contribution in [2.24, 2.45) is 0 Å². The highest BCUT2D eigenvalue weighted by Gasteiger charge is 2.26. The van der Waals surface area contributed by atoms with E-state index in [9.17, 15) is 13.2 Å². The van der Waals surface area contributed by atoms with Crippen LogP contribution < -0.4 is 14.8 Å². The second-order valence-electron chi connectivity index (χ2n) is 7.75. The molecule has 31 heavy (non-hydrogen) atoms. The van der Waals surface area contributed by atoms with Gasteiger partial charge in [-0.3, -0.25) is 4.79 Å². The van der Waals surface area contributed by atoms with Crippen molar-refractivity contribution in [2.75, 3.05) is 26.2 Å². The average molecular weight is 447 g/mol. The number of sulfonamides is 1. The number of nitrogens with one attached hydrogen (secondary N) is 1. The van der Waals surface area contributed by atoms with E-state index in [0.717, 1.165) is 24.0 Å². The van der Waals surface area contributed by atoms with Gasteiger partial charge in [-0.1, -0.05) is 17.7 Å². The molecule has 1 fully saturated rings. The van der Waals surface area contributed by atoms with E-state index in [0.29, 0.717) is 31.1 Å². The van der Waals surface area contributed by atoms with Crippen LogP contribution in [0, 0.1) is 13.8 Å². The number of carbonyl (C=O) groups excluding carboxylic acids is 1. The molecule has 7 nitrogen and oxygen atoms in total. The lowest BCUT2D eigenvalue weighted by molar-refractivity contribution is -0.127. The van der Waals surface area contributed by atoms with Crippen molar-refractivity contribution in [1.82, 2.24) is 9.62 Å². The Morgan fingerprint density at radius 1 is 1.10 bits per heavy atom. The van der Waals surface area contributed by atoms with Crippen molar-refractivity contribution in [1.29, 1.82) is 0 Å². The summed E-state index contributed by atoms with van der Waals surface area (Å²) in [7, 11) is -3.43. The third kappa shape index (κ3) is 5.98. The Hall–Kier alpha value is -2.58. The van der Waals surface area contributed by atoms with Crippen LogP contribution in [0.2, 0.25) is 0 Å². The zero-order valence-corrected chi connectivity index (χ0v) is 19.1. The summed E-state index contributed by atoms with van der Waals surface area (Å²) in [6.45, 7) is 7.38. The van der Waals surface area contributed by atoms with Gasteiger partial charge in [-0.05, 0) is 69.5 Å².